The van der Waals surface area contributed by atoms with Gasteiger partial charge in [0.05, 0.1) is 11.5 Å². The van der Waals surface area contributed by atoms with Crippen molar-refractivity contribution in [1.29, 1.82) is 0 Å². The normalized spacial score (nSPS) is 16.7. The summed E-state index contributed by atoms with van der Waals surface area (Å²) in [6.07, 6.45) is 6.46. The van der Waals surface area contributed by atoms with Crippen LogP contribution in [0.4, 0.5) is 5.69 Å². The van der Waals surface area contributed by atoms with Crippen molar-refractivity contribution in [3.05, 3.63) is 24.3 Å². The Kier molecular flexibility index (Phi) is 7.40. The first kappa shape index (κ1) is 19.9. The van der Waals surface area contributed by atoms with Gasteiger partial charge >= 0.3 is 0 Å². The van der Waals surface area contributed by atoms with E-state index in [0.29, 0.717) is 24.6 Å². The van der Waals surface area contributed by atoms with Gasteiger partial charge in [0, 0.05) is 25.3 Å². The van der Waals surface area contributed by atoms with Crippen LogP contribution in [0.15, 0.2) is 29.2 Å². The van der Waals surface area contributed by atoms with Crippen LogP contribution in [-0.2, 0) is 19.6 Å². The molecule has 1 fully saturated rings. The van der Waals surface area contributed by atoms with E-state index in [1.54, 1.807) is 19.1 Å². The first-order chi connectivity index (χ1) is 11.9. The molecule has 1 aliphatic rings. The first-order valence-electron chi connectivity index (χ1n) is 8.82. The first-order valence-corrected chi connectivity index (χ1v) is 10.3. The predicted octanol–water partition coefficient (Wildman–Crippen LogP) is 2.91. The van der Waals surface area contributed by atoms with Gasteiger partial charge in [-0.05, 0) is 43.5 Å². The minimum atomic E-state index is -3.59. The lowest BCUT2D eigenvalue weighted by Crippen LogP contribution is -2.35. The van der Waals surface area contributed by atoms with Crippen LogP contribution in [0.1, 0.15) is 45.4 Å². The Bertz CT molecular complexity index is 652. The van der Waals surface area contributed by atoms with E-state index in [1.165, 1.54) is 44.9 Å². The summed E-state index contributed by atoms with van der Waals surface area (Å²) in [5, 5.41) is 2.83. The number of ether oxygens (including phenoxy) is 1. The molecule has 1 atom stereocenters. The van der Waals surface area contributed by atoms with Crippen molar-refractivity contribution in [2.45, 2.75) is 56.4 Å². The zero-order valence-corrected chi connectivity index (χ0v) is 15.8. The molecule has 7 heteroatoms. The molecule has 6 nitrogen and oxygen atoms in total. The van der Waals surface area contributed by atoms with E-state index in [9.17, 15) is 13.2 Å². The quantitative estimate of drug-likeness (QED) is 0.702. The van der Waals surface area contributed by atoms with E-state index < -0.39 is 10.0 Å². The number of nitrogens with one attached hydrogen (secondary N) is 2. The van der Waals surface area contributed by atoms with E-state index in [4.69, 9.17) is 4.74 Å². The Morgan fingerprint density at radius 1 is 1.24 bits per heavy atom. The molecule has 140 valence electrons. The second-order valence-corrected chi connectivity index (χ2v) is 8.45. The van der Waals surface area contributed by atoms with E-state index in [-0.39, 0.29) is 16.8 Å². The van der Waals surface area contributed by atoms with Gasteiger partial charge in [-0.25, -0.2) is 13.1 Å². The Hall–Kier alpha value is -1.44. The lowest BCUT2D eigenvalue weighted by Gasteiger charge is -2.13. The topological polar surface area (TPSA) is 84.5 Å². The predicted molar refractivity (Wildman–Crippen MR) is 97.9 cm³/mol. The summed E-state index contributed by atoms with van der Waals surface area (Å²) in [4.78, 5) is 12.2. The summed E-state index contributed by atoms with van der Waals surface area (Å²) >= 11 is 0. The zero-order valence-electron chi connectivity index (χ0n) is 15.0. The number of hydrogen-bond donors (Lipinski definition) is 2. The number of benzene rings is 1. The Labute approximate surface area is 150 Å². The van der Waals surface area contributed by atoms with Crippen molar-refractivity contribution in [2.75, 3.05) is 19.0 Å². The SMILES string of the molecule is COCC(C)NS(=O)(=O)c1ccc(NC(=O)CCC2CCCC2)cc1. The van der Waals surface area contributed by atoms with Gasteiger partial charge in [0.25, 0.3) is 0 Å². The second kappa shape index (κ2) is 9.31. The van der Waals surface area contributed by atoms with Crippen LogP contribution in [0.5, 0.6) is 0 Å². The van der Waals surface area contributed by atoms with Gasteiger partial charge in [-0.15, -0.1) is 0 Å². The monoisotopic (exact) mass is 368 g/mol. The highest BCUT2D eigenvalue weighted by Gasteiger charge is 2.18. The molecule has 1 amide bonds. The standard InChI is InChI=1S/C18H28N2O4S/c1-14(13-24-2)20-25(22,23)17-10-8-16(9-11-17)19-18(21)12-7-15-5-3-4-6-15/h8-11,14-15,20H,3-7,12-13H2,1-2H3,(H,19,21). The second-order valence-electron chi connectivity index (χ2n) is 6.74. The molecule has 25 heavy (non-hydrogen) atoms. The lowest BCUT2D eigenvalue weighted by atomic mass is 10.0. The van der Waals surface area contributed by atoms with Crippen molar-refractivity contribution < 1.29 is 17.9 Å². The average molecular weight is 368 g/mol. The maximum absolute atomic E-state index is 12.2. The van der Waals surface area contributed by atoms with Gasteiger partial charge in [0.15, 0.2) is 0 Å². The highest BCUT2D eigenvalue weighted by molar-refractivity contribution is 7.89. The minimum Gasteiger partial charge on any atom is -0.383 e. The van der Waals surface area contributed by atoms with Crippen molar-refractivity contribution in [3.63, 3.8) is 0 Å². The van der Waals surface area contributed by atoms with Crippen LogP contribution < -0.4 is 10.0 Å². The van der Waals surface area contributed by atoms with E-state index in [1.807, 2.05) is 0 Å². The Balaban J connectivity index is 1.87. The summed E-state index contributed by atoms with van der Waals surface area (Å²) in [6, 6.07) is 5.90. The van der Waals surface area contributed by atoms with Crippen LogP contribution in [0.25, 0.3) is 0 Å². The number of anilines is 1. The summed E-state index contributed by atoms with van der Waals surface area (Å²) in [6.45, 7) is 2.04. The molecule has 0 radical (unpaired) electrons. The fraction of sp³-hybridized carbons (Fsp3) is 0.611. The summed E-state index contributed by atoms with van der Waals surface area (Å²) in [5.41, 5.74) is 0.611. The van der Waals surface area contributed by atoms with Crippen molar-refractivity contribution in [2.24, 2.45) is 5.92 Å². The molecule has 0 bridgehead atoms. The number of hydrogen-bond acceptors (Lipinski definition) is 4. The fourth-order valence-electron chi connectivity index (χ4n) is 3.19. The van der Waals surface area contributed by atoms with Crippen LogP contribution in [-0.4, -0.2) is 34.1 Å². The average Bonchev–Trinajstić information content (AvgIpc) is 3.06. The highest BCUT2D eigenvalue weighted by atomic mass is 32.2. The van der Waals surface area contributed by atoms with Gasteiger partial charge in [-0.1, -0.05) is 25.7 Å². The number of amides is 1. The number of sulfonamides is 1. The molecule has 0 spiro atoms. The van der Waals surface area contributed by atoms with Gasteiger partial charge in [0.1, 0.15) is 0 Å². The van der Waals surface area contributed by atoms with Crippen molar-refractivity contribution >= 4 is 21.6 Å². The third kappa shape index (κ3) is 6.41. The van der Waals surface area contributed by atoms with Crippen LogP contribution in [0, 0.1) is 5.92 Å². The number of rotatable bonds is 9. The molecule has 0 saturated heterocycles. The molecule has 1 saturated carbocycles. The van der Waals surface area contributed by atoms with Gasteiger partial charge < -0.3 is 10.1 Å². The molecule has 2 rings (SSSR count). The van der Waals surface area contributed by atoms with Gasteiger partial charge in [-0.3, -0.25) is 4.79 Å². The molecule has 2 N–H and O–H groups in total. The summed E-state index contributed by atoms with van der Waals surface area (Å²) in [7, 11) is -2.07. The smallest absolute Gasteiger partial charge is 0.240 e. The molecule has 1 unspecified atom stereocenters. The number of methoxy groups -OCH3 is 1. The maximum atomic E-state index is 12.2. The summed E-state index contributed by atoms with van der Waals surface area (Å²) in [5.74, 6) is 0.660. The van der Waals surface area contributed by atoms with Crippen LogP contribution in [0.3, 0.4) is 0 Å². The van der Waals surface area contributed by atoms with Crippen LogP contribution in [0.2, 0.25) is 0 Å². The van der Waals surface area contributed by atoms with Crippen molar-refractivity contribution in [1.82, 2.24) is 4.72 Å². The zero-order chi connectivity index (χ0) is 18.3. The minimum absolute atomic E-state index is 0.0191. The highest BCUT2D eigenvalue weighted by Crippen LogP contribution is 2.28. The molecular formula is C18H28N2O4S. The third-order valence-electron chi connectivity index (χ3n) is 4.48. The number of carbonyl (C=O) groups is 1. The van der Waals surface area contributed by atoms with Crippen LogP contribution >= 0.6 is 0 Å². The molecule has 1 aliphatic carbocycles. The largest absolute Gasteiger partial charge is 0.383 e. The van der Waals surface area contributed by atoms with E-state index in [2.05, 4.69) is 10.0 Å². The molecule has 0 heterocycles. The van der Waals surface area contributed by atoms with Gasteiger partial charge in [0.2, 0.25) is 15.9 Å². The third-order valence-corrected chi connectivity index (χ3v) is 6.08. The van der Waals surface area contributed by atoms with E-state index >= 15 is 0 Å². The lowest BCUT2D eigenvalue weighted by molar-refractivity contribution is -0.116. The van der Waals surface area contributed by atoms with E-state index in [0.717, 1.165) is 6.42 Å². The Morgan fingerprint density at radius 2 is 1.88 bits per heavy atom. The molecule has 0 aliphatic heterocycles. The molecule has 1 aromatic carbocycles. The Morgan fingerprint density at radius 3 is 2.48 bits per heavy atom. The fourth-order valence-corrected chi connectivity index (χ4v) is 4.42. The molecule has 0 aromatic heterocycles. The number of carbonyl (C=O) groups excluding carboxylic acids is 1. The van der Waals surface area contributed by atoms with Gasteiger partial charge in [-0.2, -0.15) is 0 Å². The molecule has 1 aromatic rings. The summed E-state index contributed by atoms with van der Waals surface area (Å²) < 4.78 is 32.0. The molecular weight excluding hydrogens is 340 g/mol. The van der Waals surface area contributed by atoms with Crippen molar-refractivity contribution in [3.8, 4) is 0 Å². The maximum Gasteiger partial charge on any atom is 0.240 e.